The molecular weight excluding hydrogens is 406 g/mol. The van der Waals surface area contributed by atoms with E-state index in [1.165, 1.54) is 0 Å². The highest BCUT2D eigenvalue weighted by Crippen LogP contribution is 2.26. The molecule has 1 amide bonds. The molecule has 162 valence electrons. The predicted molar refractivity (Wildman–Crippen MR) is 121 cm³/mol. The standard InChI is InChI=1S/C25H23N3O4/c1-17-6-5-7-20(16-17)25-28-27-24(32-25)19-12-10-18(11-13-19)23(29)26-14-15-31-22-9-4-3-8-21(22)30-2/h3-13,16H,14-15H2,1-2H3,(H,26,29). The molecule has 0 aliphatic carbocycles. The molecule has 7 heteroatoms. The molecule has 1 N–H and O–H groups in total. The second-order valence-corrected chi connectivity index (χ2v) is 7.11. The summed E-state index contributed by atoms with van der Waals surface area (Å²) < 4.78 is 16.7. The molecule has 0 unspecified atom stereocenters. The van der Waals surface area contributed by atoms with E-state index in [0.717, 1.165) is 16.7 Å². The molecule has 3 aromatic carbocycles. The van der Waals surface area contributed by atoms with Gasteiger partial charge in [0.05, 0.1) is 13.7 Å². The molecule has 0 atom stereocenters. The van der Waals surface area contributed by atoms with E-state index in [1.54, 1.807) is 31.4 Å². The van der Waals surface area contributed by atoms with Crippen LogP contribution < -0.4 is 14.8 Å². The molecule has 0 saturated carbocycles. The summed E-state index contributed by atoms with van der Waals surface area (Å²) in [7, 11) is 1.59. The number of aryl methyl sites for hydroxylation is 1. The molecule has 0 fully saturated rings. The van der Waals surface area contributed by atoms with E-state index in [2.05, 4.69) is 15.5 Å². The number of carbonyl (C=O) groups excluding carboxylic acids is 1. The van der Waals surface area contributed by atoms with Crippen molar-refractivity contribution in [1.82, 2.24) is 15.5 Å². The number of para-hydroxylation sites is 2. The van der Waals surface area contributed by atoms with Crippen molar-refractivity contribution in [3.63, 3.8) is 0 Å². The van der Waals surface area contributed by atoms with Crippen molar-refractivity contribution in [3.8, 4) is 34.4 Å². The van der Waals surface area contributed by atoms with Gasteiger partial charge in [0.1, 0.15) is 6.61 Å². The lowest BCUT2D eigenvalue weighted by molar-refractivity contribution is 0.0947. The van der Waals surface area contributed by atoms with Crippen molar-refractivity contribution >= 4 is 5.91 Å². The molecule has 0 aliphatic heterocycles. The Morgan fingerprint density at radius 1 is 0.906 bits per heavy atom. The molecule has 0 spiro atoms. The summed E-state index contributed by atoms with van der Waals surface area (Å²) in [6.07, 6.45) is 0. The van der Waals surface area contributed by atoms with Crippen LogP contribution in [0.25, 0.3) is 22.9 Å². The SMILES string of the molecule is COc1ccccc1OCCNC(=O)c1ccc(-c2nnc(-c3cccc(C)c3)o2)cc1. The van der Waals surface area contributed by atoms with Gasteiger partial charge in [-0.05, 0) is 55.5 Å². The number of ether oxygens (including phenoxy) is 2. The average Bonchev–Trinajstić information content (AvgIpc) is 3.32. The van der Waals surface area contributed by atoms with Crippen LogP contribution in [0.5, 0.6) is 11.5 Å². The lowest BCUT2D eigenvalue weighted by Crippen LogP contribution is -2.28. The van der Waals surface area contributed by atoms with E-state index in [4.69, 9.17) is 13.9 Å². The van der Waals surface area contributed by atoms with Crippen LogP contribution in [0, 0.1) is 6.92 Å². The summed E-state index contributed by atoms with van der Waals surface area (Å²) in [5.41, 5.74) is 3.26. The zero-order valence-electron chi connectivity index (χ0n) is 17.9. The van der Waals surface area contributed by atoms with Crippen LogP contribution in [-0.2, 0) is 0 Å². The molecule has 1 aromatic heterocycles. The van der Waals surface area contributed by atoms with Gasteiger partial charge in [-0.25, -0.2) is 0 Å². The predicted octanol–water partition coefficient (Wildman–Crippen LogP) is 4.53. The molecule has 0 saturated heterocycles. The zero-order chi connectivity index (χ0) is 22.3. The molecule has 0 radical (unpaired) electrons. The van der Waals surface area contributed by atoms with Crippen molar-refractivity contribution in [2.75, 3.05) is 20.3 Å². The van der Waals surface area contributed by atoms with Crippen molar-refractivity contribution in [1.29, 1.82) is 0 Å². The number of nitrogens with zero attached hydrogens (tertiary/aromatic N) is 2. The van der Waals surface area contributed by atoms with E-state index < -0.39 is 0 Å². The Hall–Kier alpha value is -4.13. The first kappa shape index (κ1) is 21.1. The Kier molecular flexibility index (Phi) is 6.46. The minimum Gasteiger partial charge on any atom is -0.493 e. The van der Waals surface area contributed by atoms with Gasteiger partial charge in [0, 0.05) is 16.7 Å². The molecule has 0 aliphatic rings. The first-order chi connectivity index (χ1) is 15.6. The minimum atomic E-state index is -0.189. The average molecular weight is 429 g/mol. The quantitative estimate of drug-likeness (QED) is 0.414. The van der Waals surface area contributed by atoms with Gasteiger partial charge in [0.25, 0.3) is 5.91 Å². The zero-order valence-corrected chi connectivity index (χ0v) is 17.9. The number of carbonyl (C=O) groups is 1. The Morgan fingerprint density at radius 2 is 1.62 bits per heavy atom. The lowest BCUT2D eigenvalue weighted by atomic mass is 10.1. The molecular formula is C25H23N3O4. The maximum Gasteiger partial charge on any atom is 0.251 e. The van der Waals surface area contributed by atoms with Gasteiger partial charge in [-0.2, -0.15) is 0 Å². The third-order valence-electron chi connectivity index (χ3n) is 4.80. The Morgan fingerprint density at radius 3 is 2.34 bits per heavy atom. The van der Waals surface area contributed by atoms with Crippen molar-refractivity contribution in [3.05, 3.63) is 83.9 Å². The Labute approximate surface area is 186 Å². The van der Waals surface area contributed by atoms with Crippen LogP contribution in [0.1, 0.15) is 15.9 Å². The first-order valence-electron chi connectivity index (χ1n) is 10.2. The van der Waals surface area contributed by atoms with Gasteiger partial charge in [-0.15, -0.1) is 10.2 Å². The van der Waals surface area contributed by atoms with Crippen molar-refractivity contribution < 1.29 is 18.7 Å². The summed E-state index contributed by atoms with van der Waals surface area (Å²) in [6.45, 7) is 2.70. The molecule has 7 nitrogen and oxygen atoms in total. The van der Waals surface area contributed by atoms with Crippen molar-refractivity contribution in [2.45, 2.75) is 6.92 Å². The van der Waals surface area contributed by atoms with Gasteiger partial charge >= 0.3 is 0 Å². The smallest absolute Gasteiger partial charge is 0.251 e. The molecule has 1 heterocycles. The Bertz CT molecular complexity index is 1200. The van der Waals surface area contributed by atoms with Gasteiger partial charge in [0.2, 0.25) is 11.8 Å². The highest BCUT2D eigenvalue weighted by atomic mass is 16.5. The number of amides is 1. The van der Waals surface area contributed by atoms with Gasteiger partial charge in [-0.1, -0.05) is 29.8 Å². The largest absolute Gasteiger partial charge is 0.493 e. The third kappa shape index (κ3) is 4.95. The fourth-order valence-corrected chi connectivity index (χ4v) is 3.16. The van der Waals surface area contributed by atoms with Gasteiger partial charge in [0.15, 0.2) is 11.5 Å². The number of methoxy groups -OCH3 is 1. The molecule has 4 aromatic rings. The van der Waals surface area contributed by atoms with Crippen molar-refractivity contribution in [2.24, 2.45) is 0 Å². The topological polar surface area (TPSA) is 86.5 Å². The van der Waals surface area contributed by atoms with Gasteiger partial charge in [-0.3, -0.25) is 4.79 Å². The van der Waals surface area contributed by atoms with E-state index >= 15 is 0 Å². The summed E-state index contributed by atoms with van der Waals surface area (Å²) in [6, 6.07) is 22.3. The van der Waals surface area contributed by atoms with Crippen LogP contribution in [-0.4, -0.2) is 36.4 Å². The molecule has 32 heavy (non-hydrogen) atoms. The number of hydrogen-bond donors (Lipinski definition) is 1. The maximum absolute atomic E-state index is 12.4. The summed E-state index contributed by atoms with van der Waals surface area (Å²) >= 11 is 0. The number of aromatic nitrogens is 2. The maximum atomic E-state index is 12.4. The van der Waals surface area contributed by atoms with Gasteiger partial charge < -0.3 is 19.2 Å². The highest BCUT2D eigenvalue weighted by molar-refractivity contribution is 5.94. The lowest BCUT2D eigenvalue weighted by Gasteiger charge is -2.11. The van der Waals surface area contributed by atoms with Crippen LogP contribution >= 0.6 is 0 Å². The van der Waals surface area contributed by atoms with Crippen LogP contribution in [0.4, 0.5) is 0 Å². The first-order valence-corrected chi connectivity index (χ1v) is 10.2. The van der Waals surface area contributed by atoms with E-state index in [9.17, 15) is 4.79 Å². The highest BCUT2D eigenvalue weighted by Gasteiger charge is 2.12. The van der Waals surface area contributed by atoms with E-state index in [0.29, 0.717) is 42.0 Å². The summed E-state index contributed by atoms with van der Waals surface area (Å²) in [5, 5.41) is 11.1. The van der Waals surface area contributed by atoms with Crippen LogP contribution in [0.15, 0.2) is 77.2 Å². The Balaban J connectivity index is 1.33. The molecule has 4 rings (SSSR count). The van der Waals surface area contributed by atoms with Crippen LogP contribution in [0.2, 0.25) is 0 Å². The number of rotatable bonds is 8. The normalized spacial score (nSPS) is 10.6. The monoisotopic (exact) mass is 429 g/mol. The fraction of sp³-hybridized carbons (Fsp3) is 0.160. The second kappa shape index (κ2) is 9.78. The molecule has 0 bridgehead atoms. The van der Waals surface area contributed by atoms with E-state index in [-0.39, 0.29) is 5.91 Å². The number of hydrogen-bond acceptors (Lipinski definition) is 6. The summed E-state index contributed by atoms with van der Waals surface area (Å²) in [5.74, 6) is 1.96. The minimum absolute atomic E-state index is 0.189. The van der Waals surface area contributed by atoms with E-state index in [1.807, 2.05) is 55.5 Å². The second-order valence-electron chi connectivity index (χ2n) is 7.11. The fourth-order valence-electron chi connectivity index (χ4n) is 3.16. The number of benzene rings is 3. The third-order valence-corrected chi connectivity index (χ3v) is 4.80. The number of nitrogens with one attached hydrogen (secondary N) is 1. The van der Waals surface area contributed by atoms with Crippen LogP contribution in [0.3, 0.4) is 0 Å². The summed E-state index contributed by atoms with van der Waals surface area (Å²) in [4.78, 5) is 12.4.